The van der Waals surface area contributed by atoms with Crippen molar-refractivity contribution in [2.75, 3.05) is 39.6 Å². The zero-order valence-corrected chi connectivity index (χ0v) is 60.6. The van der Waals surface area contributed by atoms with Crippen molar-refractivity contribution in [3.8, 4) is 0 Å². The van der Waals surface area contributed by atoms with Gasteiger partial charge in [0.05, 0.1) is 26.4 Å². The minimum absolute atomic E-state index is 0.107. The molecule has 91 heavy (non-hydrogen) atoms. The molecule has 540 valence electrons. The second-order valence-corrected chi connectivity index (χ2v) is 28.9. The van der Waals surface area contributed by atoms with Gasteiger partial charge in [-0.05, 0) is 25.7 Å². The Morgan fingerprint density at radius 2 is 0.440 bits per heavy atom. The number of phosphoric ester groups is 2. The second kappa shape index (κ2) is 66.7. The lowest BCUT2D eigenvalue weighted by atomic mass is 10.0. The molecule has 0 aliphatic heterocycles. The van der Waals surface area contributed by atoms with Crippen molar-refractivity contribution < 1.29 is 80.2 Å². The van der Waals surface area contributed by atoms with Crippen LogP contribution in [0.25, 0.3) is 0 Å². The van der Waals surface area contributed by atoms with Crippen LogP contribution in [0.5, 0.6) is 0 Å². The molecule has 0 saturated carbocycles. The third-order valence-corrected chi connectivity index (χ3v) is 18.8. The number of hydrogen-bond donors (Lipinski definition) is 3. The minimum Gasteiger partial charge on any atom is -0.462 e. The van der Waals surface area contributed by atoms with Crippen molar-refractivity contribution in [1.82, 2.24) is 0 Å². The first-order valence-electron chi connectivity index (χ1n) is 37.8. The third-order valence-electron chi connectivity index (χ3n) is 16.9. The first-order chi connectivity index (χ1) is 44.2. The number of esters is 4. The van der Waals surface area contributed by atoms with E-state index in [1.165, 1.54) is 205 Å². The highest BCUT2D eigenvalue weighted by molar-refractivity contribution is 7.47. The number of aliphatic hydroxyl groups is 1. The van der Waals surface area contributed by atoms with E-state index in [0.717, 1.165) is 96.3 Å². The molecule has 17 nitrogen and oxygen atoms in total. The van der Waals surface area contributed by atoms with Crippen molar-refractivity contribution in [2.24, 2.45) is 0 Å². The van der Waals surface area contributed by atoms with Gasteiger partial charge in [-0.25, -0.2) is 9.13 Å². The molecule has 0 aliphatic rings. The fourth-order valence-corrected chi connectivity index (χ4v) is 12.6. The van der Waals surface area contributed by atoms with Crippen LogP contribution in [-0.4, -0.2) is 96.7 Å². The molecule has 0 bridgehead atoms. The lowest BCUT2D eigenvalue weighted by Gasteiger charge is -2.21. The highest BCUT2D eigenvalue weighted by atomic mass is 31.2. The number of carbonyl (C=O) groups is 4. The summed E-state index contributed by atoms with van der Waals surface area (Å²) in [6.07, 6.45) is 55.8. The Morgan fingerprint density at radius 1 is 0.264 bits per heavy atom. The molecule has 0 aromatic carbocycles. The Labute approximate surface area is 556 Å². The van der Waals surface area contributed by atoms with E-state index in [9.17, 15) is 43.2 Å². The third kappa shape index (κ3) is 66.5. The summed E-state index contributed by atoms with van der Waals surface area (Å²) in [5.41, 5.74) is 0. The van der Waals surface area contributed by atoms with Crippen molar-refractivity contribution in [3.63, 3.8) is 0 Å². The molecule has 0 aliphatic carbocycles. The molecule has 0 radical (unpaired) electrons. The standard InChI is InChI=1S/C72H140O17P2/c1-5-9-13-17-20-23-26-29-31-33-34-36-38-41-44-47-51-55-59-72(77)89-68(63-83-70(75)57-53-49-45-42-40-37-35-32-30-27-24-21-18-14-10-6-2)65-87-91(80,81)85-61-66(73)60-84-90(78,79)86-64-67(62-82-69(74)56-52-48-16-12-8-4)88-71(76)58-54-50-46-43-39-28-25-22-19-15-11-7-3/h66-68,73H,5-65H2,1-4H3,(H,78,79)(H,80,81)/t66-,67+,68+/m0/s1. The van der Waals surface area contributed by atoms with Gasteiger partial charge in [-0.1, -0.05) is 329 Å². The predicted molar refractivity (Wildman–Crippen MR) is 368 cm³/mol. The van der Waals surface area contributed by atoms with Crippen LogP contribution in [0.1, 0.15) is 381 Å². The maximum absolute atomic E-state index is 13.0. The van der Waals surface area contributed by atoms with Crippen LogP contribution in [0.4, 0.5) is 0 Å². The van der Waals surface area contributed by atoms with E-state index in [-0.39, 0.29) is 25.7 Å². The SMILES string of the molecule is CCCCCCCCCCCCCCCCCCCCC(=O)O[C@H](COC(=O)CCCCCCCCCCCCCCCCCC)COP(=O)(O)OC[C@@H](O)COP(=O)(O)OC[C@@H](COC(=O)CCCCCCC)OC(=O)CCCCCCCCCCCCCC. The number of aliphatic hydroxyl groups excluding tert-OH is 1. The van der Waals surface area contributed by atoms with Crippen molar-refractivity contribution in [3.05, 3.63) is 0 Å². The van der Waals surface area contributed by atoms with Gasteiger partial charge in [0.1, 0.15) is 19.3 Å². The molecule has 5 atom stereocenters. The van der Waals surface area contributed by atoms with Crippen molar-refractivity contribution in [2.45, 2.75) is 399 Å². The van der Waals surface area contributed by atoms with E-state index in [1.807, 2.05) is 0 Å². The molecule has 2 unspecified atom stereocenters. The maximum Gasteiger partial charge on any atom is 0.472 e. The summed E-state index contributed by atoms with van der Waals surface area (Å²) in [6.45, 7) is 4.88. The molecule has 0 aromatic rings. The van der Waals surface area contributed by atoms with Crippen LogP contribution >= 0.6 is 15.6 Å². The normalized spacial score (nSPS) is 14.0. The second-order valence-electron chi connectivity index (χ2n) is 26.0. The molecule has 0 amide bonds. The van der Waals surface area contributed by atoms with Gasteiger partial charge in [0.25, 0.3) is 0 Å². The molecular formula is C72H140O17P2. The number of ether oxygens (including phenoxy) is 4. The number of phosphoric acid groups is 2. The summed E-state index contributed by atoms with van der Waals surface area (Å²) in [5.74, 6) is -2.13. The molecule has 0 aromatic heterocycles. The fourth-order valence-electron chi connectivity index (χ4n) is 11.0. The Balaban J connectivity index is 5.14. The average Bonchev–Trinajstić information content (AvgIpc) is 3.74. The Hall–Kier alpha value is -1.94. The summed E-state index contributed by atoms with van der Waals surface area (Å²) in [4.78, 5) is 72.4. The van der Waals surface area contributed by atoms with Gasteiger partial charge in [0, 0.05) is 25.7 Å². The minimum atomic E-state index is -4.95. The van der Waals surface area contributed by atoms with Gasteiger partial charge in [-0.2, -0.15) is 0 Å². The van der Waals surface area contributed by atoms with Crippen LogP contribution in [0, 0.1) is 0 Å². The predicted octanol–water partition coefficient (Wildman–Crippen LogP) is 21.1. The Bertz CT molecular complexity index is 1740. The topological polar surface area (TPSA) is 237 Å². The van der Waals surface area contributed by atoms with Gasteiger partial charge in [0.2, 0.25) is 0 Å². The van der Waals surface area contributed by atoms with Gasteiger partial charge in [-0.3, -0.25) is 37.3 Å². The molecule has 0 saturated heterocycles. The Kier molecular flexibility index (Phi) is 65.2. The summed E-state index contributed by atoms with van der Waals surface area (Å²) in [5, 5.41) is 10.6. The largest absolute Gasteiger partial charge is 0.472 e. The zero-order valence-electron chi connectivity index (χ0n) is 58.8. The summed E-state index contributed by atoms with van der Waals surface area (Å²) in [7, 11) is -9.89. The average molecular weight is 1340 g/mol. The maximum atomic E-state index is 13.0. The smallest absolute Gasteiger partial charge is 0.462 e. The van der Waals surface area contributed by atoms with E-state index in [0.29, 0.717) is 25.7 Å². The lowest BCUT2D eigenvalue weighted by Crippen LogP contribution is -2.30. The molecular weight excluding hydrogens is 1200 g/mol. The number of carbonyl (C=O) groups excluding carboxylic acids is 4. The molecule has 0 rings (SSSR count). The molecule has 0 heterocycles. The molecule has 0 fully saturated rings. The van der Waals surface area contributed by atoms with Gasteiger partial charge in [-0.15, -0.1) is 0 Å². The highest BCUT2D eigenvalue weighted by Gasteiger charge is 2.30. The van der Waals surface area contributed by atoms with Crippen LogP contribution in [0.3, 0.4) is 0 Å². The van der Waals surface area contributed by atoms with Gasteiger partial charge in [0.15, 0.2) is 12.2 Å². The van der Waals surface area contributed by atoms with E-state index in [2.05, 4.69) is 27.7 Å². The molecule has 19 heteroatoms. The molecule has 3 N–H and O–H groups in total. The van der Waals surface area contributed by atoms with Crippen LogP contribution < -0.4 is 0 Å². The van der Waals surface area contributed by atoms with Crippen LogP contribution in [-0.2, 0) is 65.4 Å². The summed E-state index contributed by atoms with van der Waals surface area (Å²) < 4.78 is 68.2. The van der Waals surface area contributed by atoms with Gasteiger partial charge < -0.3 is 33.8 Å². The van der Waals surface area contributed by atoms with Gasteiger partial charge >= 0.3 is 39.5 Å². The first-order valence-corrected chi connectivity index (χ1v) is 40.8. The van der Waals surface area contributed by atoms with Crippen molar-refractivity contribution >= 4 is 39.5 Å². The summed E-state index contributed by atoms with van der Waals surface area (Å²) in [6, 6.07) is 0. The molecule has 0 spiro atoms. The summed E-state index contributed by atoms with van der Waals surface area (Å²) >= 11 is 0. The number of unbranched alkanes of at least 4 members (excludes halogenated alkanes) is 47. The number of hydrogen-bond acceptors (Lipinski definition) is 15. The van der Waals surface area contributed by atoms with E-state index < -0.39 is 97.5 Å². The van der Waals surface area contributed by atoms with Crippen molar-refractivity contribution in [1.29, 1.82) is 0 Å². The first kappa shape index (κ1) is 89.1. The zero-order chi connectivity index (χ0) is 66.8. The van der Waals surface area contributed by atoms with Crippen LogP contribution in [0.15, 0.2) is 0 Å². The quantitative estimate of drug-likeness (QED) is 0.0222. The lowest BCUT2D eigenvalue weighted by molar-refractivity contribution is -0.161. The van der Waals surface area contributed by atoms with E-state index in [4.69, 9.17) is 37.0 Å². The highest BCUT2D eigenvalue weighted by Crippen LogP contribution is 2.45. The van der Waals surface area contributed by atoms with Crippen LogP contribution in [0.2, 0.25) is 0 Å². The Morgan fingerprint density at radius 3 is 0.648 bits per heavy atom. The number of rotatable bonds is 73. The fraction of sp³-hybridized carbons (Fsp3) is 0.944. The monoisotopic (exact) mass is 1340 g/mol. The van der Waals surface area contributed by atoms with E-state index >= 15 is 0 Å². The van der Waals surface area contributed by atoms with E-state index in [1.54, 1.807) is 0 Å².